The lowest BCUT2D eigenvalue weighted by atomic mass is 10.1. The van der Waals surface area contributed by atoms with E-state index in [9.17, 15) is 19.1 Å². The Morgan fingerprint density at radius 3 is 2.36 bits per heavy atom. The number of fused-ring (bicyclic) bond motifs is 1. The molecule has 0 aliphatic rings. The second-order valence-corrected chi connectivity index (χ2v) is 7.31. The summed E-state index contributed by atoms with van der Waals surface area (Å²) in [7, 11) is -4.92. The first-order valence-corrected chi connectivity index (χ1v) is 10.1. The molecule has 146 valence electrons. The normalized spacial score (nSPS) is 12.5. The summed E-state index contributed by atoms with van der Waals surface area (Å²) in [5, 5.41) is 2.43. The minimum absolute atomic E-state index is 0.0449. The van der Waals surface area contributed by atoms with E-state index < -0.39 is 19.8 Å². The van der Waals surface area contributed by atoms with Crippen LogP contribution in [0.25, 0.3) is 10.8 Å². The van der Waals surface area contributed by atoms with E-state index in [0.29, 0.717) is 11.1 Å². The third-order valence-electron chi connectivity index (χ3n) is 4.12. The predicted octanol–water partition coefficient (Wildman–Crippen LogP) is 3.80. The van der Waals surface area contributed by atoms with Crippen molar-refractivity contribution in [1.29, 1.82) is 0 Å². The van der Waals surface area contributed by atoms with Crippen molar-refractivity contribution in [3.05, 3.63) is 78.4 Å². The monoisotopic (exact) mass is 401 g/mol. The molecule has 1 atom stereocenters. The van der Waals surface area contributed by atoms with Crippen LogP contribution in [0.5, 0.6) is 0 Å². The fraction of sp³-hybridized carbons (Fsp3) is 0.150. The van der Waals surface area contributed by atoms with E-state index in [1.165, 1.54) is 6.92 Å². The van der Waals surface area contributed by atoms with Gasteiger partial charge >= 0.3 is 13.8 Å². The Labute approximate surface area is 162 Å². The SMILES string of the molecule is C[C@@H](C(=O)OCc1ccccc1)N(OP(=O)(O)O)c1cccc2ccccc12. The highest BCUT2D eigenvalue weighted by atomic mass is 31.2. The number of hydrogen-bond acceptors (Lipinski definition) is 5. The third kappa shape index (κ3) is 4.97. The van der Waals surface area contributed by atoms with Gasteiger partial charge in [-0.15, -0.1) is 0 Å². The van der Waals surface area contributed by atoms with E-state index in [1.54, 1.807) is 24.3 Å². The van der Waals surface area contributed by atoms with Crippen molar-refractivity contribution < 1.29 is 28.5 Å². The van der Waals surface area contributed by atoms with Crippen molar-refractivity contribution in [1.82, 2.24) is 0 Å². The zero-order chi connectivity index (χ0) is 20.1. The molecule has 0 aliphatic carbocycles. The summed E-state index contributed by atoms with van der Waals surface area (Å²) in [5.74, 6) is -0.676. The largest absolute Gasteiger partial charge is 0.491 e. The summed E-state index contributed by atoms with van der Waals surface area (Å²) in [6.45, 7) is 1.51. The molecule has 3 aromatic carbocycles. The molecule has 0 unspecified atom stereocenters. The smallest absolute Gasteiger partial charge is 0.459 e. The number of esters is 1. The van der Waals surface area contributed by atoms with Gasteiger partial charge in [-0.3, -0.25) is 0 Å². The number of hydroxylamine groups is 1. The van der Waals surface area contributed by atoms with E-state index in [1.807, 2.05) is 48.5 Å². The van der Waals surface area contributed by atoms with E-state index in [-0.39, 0.29) is 6.61 Å². The van der Waals surface area contributed by atoms with Crippen molar-refractivity contribution in [2.75, 3.05) is 5.06 Å². The predicted molar refractivity (Wildman–Crippen MR) is 105 cm³/mol. The van der Waals surface area contributed by atoms with Crippen LogP contribution in [0.2, 0.25) is 0 Å². The van der Waals surface area contributed by atoms with Gasteiger partial charge in [0.1, 0.15) is 6.61 Å². The van der Waals surface area contributed by atoms with Gasteiger partial charge in [-0.25, -0.2) is 14.4 Å². The number of nitrogens with zero attached hydrogens (tertiary/aromatic N) is 1. The molecule has 0 radical (unpaired) electrons. The van der Waals surface area contributed by atoms with Gasteiger partial charge in [-0.1, -0.05) is 66.7 Å². The average Bonchev–Trinajstić information content (AvgIpc) is 2.69. The van der Waals surface area contributed by atoms with Crippen molar-refractivity contribution in [3.63, 3.8) is 0 Å². The molecule has 3 aromatic rings. The molecule has 28 heavy (non-hydrogen) atoms. The van der Waals surface area contributed by atoms with Crippen LogP contribution >= 0.6 is 7.82 Å². The van der Waals surface area contributed by atoms with Crippen LogP contribution in [-0.2, 0) is 25.3 Å². The summed E-state index contributed by atoms with van der Waals surface area (Å²) in [6, 6.07) is 20.5. The van der Waals surface area contributed by atoms with Crippen LogP contribution in [0, 0.1) is 0 Å². The van der Waals surface area contributed by atoms with Crippen LogP contribution in [-0.4, -0.2) is 21.8 Å². The first kappa shape index (κ1) is 20.0. The van der Waals surface area contributed by atoms with E-state index in [2.05, 4.69) is 0 Å². The van der Waals surface area contributed by atoms with Gasteiger partial charge in [-0.05, 0) is 23.9 Å². The molecule has 0 aliphatic heterocycles. The summed E-state index contributed by atoms with van der Waals surface area (Å²) in [4.78, 5) is 31.3. The molecule has 0 bridgehead atoms. The number of anilines is 1. The standard InChI is InChI=1S/C20H20NO6P/c1-15(20(22)26-14-16-8-3-2-4-9-16)21(27-28(23,24)25)19-13-7-11-17-10-5-6-12-18(17)19/h2-13,15H,14H2,1H3,(H2,23,24,25)/t15-/m0/s1. The minimum atomic E-state index is -4.92. The zero-order valence-electron chi connectivity index (χ0n) is 15.1. The molecule has 0 spiro atoms. The first-order chi connectivity index (χ1) is 13.3. The maximum Gasteiger partial charge on any atom is 0.491 e. The molecule has 2 N–H and O–H groups in total. The number of benzene rings is 3. The highest BCUT2D eigenvalue weighted by Gasteiger charge is 2.31. The van der Waals surface area contributed by atoms with Crippen molar-refractivity contribution in [2.45, 2.75) is 19.6 Å². The number of ether oxygens (including phenoxy) is 1. The van der Waals surface area contributed by atoms with E-state index >= 15 is 0 Å². The topological polar surface area (TPSA) is 96.3 Å². The molecule has 0 heterocycles. The quantitative estimate of drug-likeness (QED) is 0.353. The van der Waals surface area contributed by atoms with Gasteiger partial charge in [0, 0.05) is 5.39 Å². The van der Waals surface area contributed by atoms with E-state index in [0.717, 1.165) is 16.0 Å². The molecular formula is C20H20NO6P. The van der Waals surface area contributed by atoms with Crippen LogP contribution in [0.15, 0.2) is 72.8 Å². The number of carbonyl (C=O) groups excluding carboxylic acids is 1. The fourth-order valence-corrected chi connectivity index (χ4v) is 3.24. The van der Waals surface area contributed by atoms with E-state index in [4.69, 9.17) is 9.36 Å². The summed E-state index contributed by atoms with van der Waals surface area (Å²) in [5.41, 5.74) is 1.15. The van der Waals surface area contributed by atoms with Gasteiger partial charge in [0.05, 0.1) is 5.69 Å². The second-order valence-electron chi connectivity index (χ2n) is 6.17. The lowest BCUT2D eigenvalue weighted by Crippen LogP contribution is -2.39. The highest BCUT2D eigenvalue weighted by molar-refractivity contribution is 7.46. The Balaban J connectivity index is 1.88. The second kappa shape index (κ2) is 8.54. The maximum atomic E-state index is 12.6. The van der Waals surface area contributed by atoms with Crippen molar-refractivity contribution in [3.8, 4) is 0 Å². The van der Waals surface area contributed by atoms with Crippen molar-refractivity contribution >= 4 is 30.3 Å². The Hall–Kier alpha value is -2.70. The number of phosphoric acid groups is 1. The highest BCUT2D eigenvalue weighted by Crippen LogP contribution is 2.41. The Bertz CT molecular complexity index is 999. The molecular weight excluding hydrogens is 381 g/mol. The van der Waals surface area contributed by atoms with Crippen LogP contribution in [0.4, 0.5) is 5.69 Å². The zero-order valence-corrected chi connectivity index (χ0v) is 16.0. The Kier molecular flexibility index (Phi) is 6.11. The third-order valence-corrected chi connectivity index (χ3v) is 4.50. The van der Waals surface area contributed by atoms with Gasteiger partial charge in [-0.2, -0.15) is 4.62 Å². The summed E-state index contributed by atoms with van der Waals surface area (Å²) < 4.78 is 21.7. The molecule has 0 fully saturated rings. The summed E-state index contributed by atoms with van der Waals surface area (Å²) >= 11 is 0. The van der Waals surface area contributed by atoms with Crippen LogP contribution < -0.4 is 5.06 Å². The number of hydrogen-bond donors (Lipinski definition) is 2. The summed E-state index contributed by atoms with van der Waals surface area (Å²) in [6.07, 6.45) is 0. The minimum Gasteiger partial charge on any atom is -0.459 e. The molecule has 3 rings (SSSR count). The maximum absolute atomic E-state index is 12.6. The van der Waals surface area contributed by atoms with Gasteiger partial charge in [0.15, 0.2) is 6.04 Å². The molecule has 0 saturated heterocycles. The molecule has 0 amide bonds. The van der Waals surface area contributed by atoms with Crippen LogP contribution in [0.1, 0.15) is 12.5 Å². The van der Waals surface area contributed by atoms with Gasteiger partial charge in [0.25, 0.3) is 0 Å². The lowest BCUT2D eigenvalue weighted by molar-refractivity contribution is -0.147. The molecule has 0 saturated carbocycles. The van der Waals surface area contributed by atoms with Gasteiger partial charge < -0.3 is 14.5 Å². The first-order valence-electron chi connectivity index (χ1n) is 8.58. The average molecular weight is 401 g/mol. The number of rotatable bonds is 7. The van der Waals surface area contributed by atoms with Crippen LogP contribution in [0.3, 0.4) is 0 Å². The number of carbonyl (C=O) groups is 1. The lowest BCUT2D eigenvalue weighted by Gasteiger charge is -2.29. The molecule has 7 nitrogen and oxygen atoms in total. The Morgan fingerprint density at radius 1 is 1.00 bits per heavy atom. The van der Waals surface area contributed by atoms with Crippen molar-refractivity contribution in [2.24, 2.45) is 0 Å². The fourth-order valence-electron chi connectivity index (χ4n) is 2.78. The Morgan fingerprint density at radius 2 is 1.64 bits per heavy atom. The molecule has 8 heteroatoms. The van der Waals surface area contributed by atoms with Gasteiger partial charge in [0.2, 0.25) is 0 Å². The molecule has 0 aromatic heterocycles.